The third-order valence-corrected chi connectivity index (χ3v) is 4.70. The predicted molar refractivity (Wildman–Crippen MR) is 98.1 cm³/mol. The lowest BCUT2D eigenvalue weighted by Gasteiger charge is -2.23. The van der Waals surface area contributed by atoms with Crippen LogP contribution in [0.25, 0.3) is 0 Å². The Labute approximate surface area is 143 Å². The van der Waals surface area contributed by atoms with Crippen LogP contribution in [0, 0.1) is 0 Å². The molecule has 2 aromatic rings. The van der Waals surface area contributed by atoms with Crippen LogP contribution in [-0.4, -0.2) is 23.0 Å². The molecule has 0 saturated carbocycles. The van der Waals surface area contributed by atoms with Crippen LogP contribution in [0.2, 0.25) is 0 Å². The van der Waals surface area contributed by atoms with E-state index in [0.29, 0.717) is 6.04 Å². The zero-order valence-electron chi connectivity index (χ0n) is 14.5. The summed E-state index contributed by atoms with van der Waals surface area (Å²) >= 11 is 1.70. The Bertz CT molecular complexity index is 622. The molecule has 1 unspecified atom stereocenters. The van der Waals surface area contributed by atoms with Crippen molar-refractivity contribution in [1.29, 1.82) is 0 Å². The molecule has 2 rings (SSSR count). The van der Waals surface area contributed by atoms with E-state index in [1.165, 1.54) is 11.1 Å². The first-order valence-corrected chi connectivity index (χ1v) is 8.88. The molecule has 1 heterocycles. The zero-order valence-corrected chi connectivity index (χ0v) is 15.3. The standard InChI is InChI=1S/C19H26N2OS/c1-6-7-17-12-16(8-9-18(17)22-14(2)3)13-21(5)15(4)19-20-10-11-23-19/h6,8-12,14-15H,1,7,13H2,2-5H3. The molecule has 0 spiro atoms. The summed E-state index contributed by atoms with van der Waals surface area (Å²) in [5, 5.41) is 3.18. The number of aromatic nitrogens is 1. The van der Waals surface area contributed by atoms with Gasteiger partial charge in [-0.3, -0.25) is 4.90 Å². The Balaban J connectivity index is 2.13. The van der Waals surface area contributed by atoms with Gasteiger partial charge in [0.1, 0.15) is 10.8 Å². The van der Waals surface area contributed by atoms with Crippen molar-refractivity contribution in [3.8, 4) is 5.75 Å². The molecule has 1 atom stereocenters. The first-order valence-electron chi connectivity index (χ1n) is 8.00. The smallest absolute Gasteiger partial charge is 0.123 e. The van der Waals surface area contributed by atoms with Gasteiger partial charge in [-0.2, -0.15) is 0 Å². The molecule has 0 aliphatic rings. The van der Waals surface area contributed by atoms with Crippen LogP contribution in [0.1, 0.15) is 42.9 Å². The average Bonchev–Trinajstić information content (AvgIpc) is 3.03. The van der Waals surface area contributed by atoms with Gasteiger partial charge in [0.2, 0.25) is 0 Å². The minimum atomic E-state index is 0.178. The highest BCUT2D eigenvalue weighted by atomic mass is 32.1. The van der Waals surface area contributed by atoms with Crippen LogP contribution in [0.15, 0.2) is 42.4 Å². The minimum absolute atomic E-state index is 0.178. The van der Waals surface area contributed by atoms with Crippen LogP contribution in [-0.2, 0) is 13.0 Å². The summed E-state index contributed by atoms with van der Waals surface area (Å²) in [5.41, 5.74) is 2.48. The highest BCUT2D eigenvalue weighted by Crippen LogP contribution is 2.26. The van der Waals surface area contributed by atoms with Crippen LogP contribution in [0.4, 0.5) is 0 Å². The Morgan fingerprint density at radius 1 is 1.35 bits per heavy atom. The van der Waals surface area contributed by atoms with Gasteiger partial charge in [-0.15, -0.1) is 17.9 Å². The van der Waals surface area contributed by atoms with Gasteiger partial charge in [0, 0.05) is 18.1 Å². The van der Waals surface area contributed by atoms with Crippen molar-refractivity contribution < 1.29 is 4.74 Å². The van der Waals surface area contributed by atoms with E-state index in [9.17, 15) is 0 Å². The molecule has 0 aliphatic carbocycles. The zero-order chi connectivity index (χ0) is 16.8. The number of allylic oxidation sites excluding steroid dienone is 1. The lowest BCUT2D eigenvalue weighted by molar-refractivity contribution is 0.239. The first-order chi connectivity index (χ1) is 11.0. The molecular formula is C19H26N2OS. The summed E-state index contributed by atoms with van der Waals surface area (Å²) in [6.07, 6.45) is 4.79. The summed E-state index contributed by atoms with van der Waals surface area (Å²) < 4.78 is 5.89. The number of thiazole rings is 1. The Morgan fingerprint density at radius 3 is 2.74 bits per heavy atom. The third kappa shape index (κ3) is 4.91. The fourth-order valence-corrected chi connectivity index (χ4v) is 3.23. The maximum absolute atomic E-state index is 5.89. The van der Waals surface area contributed by atoms with E-state index in [1.54, 1.807) is 11.3 Å². The molecule has 0 fully saturated rings. The number of hydrogen-bond acceptors (Lipinski definition) is 4. The molecule has 0 saturated heterocycles. The van der Waals surface area contributed by atoms with Gasteiger partial charge in [-0.1, -0.05) is 18.2 Å². The van der Waals surface area contributed by atoms with E-state index in [-0.39, 0.29) is 6.10 Å². The molecule has 3 nitrogen and oxygen atoms in total. The van der Waals surface area contributed by atoms with Gasteiger partial charge in [0.15, 0.2) is 0 Å². The summed E-state index contributed by atoms with van der Waals surface area (Å²) in [4.78, 5) is 6.73. The van der Waals surface area contributed by atoms with Crippen molar-refractivity contribution in [2.75, 3.05) is 7.05 Å². The molecular weight excluding hydrogens is 304 g/mol. The van der Waals surface area contributed by atoms with Gasteiger partial charge in [0.05, 0.1) is 12.1 Å². The highest BCUT2D eigenvalue weighted by molar-refractivity contribution is 7.09. The maximum Gasteiger partial charge on any atom is 0.123 e. The molecule has 0 bridgehead atoms. The second-order valence-corrected chi connectivity index (χ2v) is 6.99. The molecule has 0 N–H and O–H groups in total. The van der Waals surface area contributed by atoms with Crippen LogP contribution in [0.3, 0.4) is 0 Å². The Morgan fingerprint density at radius 2 is 2.13 bits per heavy atom. The quantitative estimate of drug-likeness (QED) is 0.647. The van der Waals surface area contributed by atoms with Gasteiger partial charge >= 0.3 is 0 Å². The fourth-order valence-electron chi connectivity index (χ4n) is 2.47. The summed E-state index contributed by atoms with van der Waals surface area (Å²) in [5.74, 6) is 0.958. The van der Waals surface area contributed by atoms with E-state index >= 15 is 0 Å². The van der Waals surface area contributed by atoms with Crippen molar-refractivity contribution in [2.24, 2.45) is 0 Å². The van der Waals surface area contributed by atoms with E-state index in [1.807, 2.05) is 17.7 Å². The lowest BCUT2D eigenvalue weighted by atomic mass is 10.1. The molecule has 124 valence electrons. The topological polar surface area (TPSA) is 25.4 Å². The molecule has 1 aromatic carbocycles. The summed E-state index contributed by atoms with van der Waals surface area (Å²) in [6.45, 7) is 11.0. The highest BCUT2D eigenvalue weighted by Gasteiger charge is 2.15. The molecule has 23 heavy (non-hydrogen) atoms. The summed E-state index contributed by atoms with van der Waals surface area (Å²) in [7, 11) is 2.14. The van der Waals surface area contributed by atoms with Crippen LogP contribution < -0.4 is 4.74 Å². The van der Waals surface area contributed by atoms with Crippen molar-refractivity contribution in [3.63, 3.8) is 0 Å². The molecule has 1 aromatic heterocycles. The average molecular weight is 330 g/mol. The minimum Gasteiger partial charge on any atom is -0.491 e. The number of nitrogens with zero attached hydrogens (tertiary/aromatic N) is 2. The van der Waals surface area contributed by atoms with Gasteiger partial charge in [-0.25, -0.2) is 4.98 Å². The number of ether oxygens (including phenoxy) is 1. The number of benzene rings is 1. The van der Waals surface area contributed by atoms with Crippen LogP contribution in [0.5, 0.6) is 5.75 Å². The van der Waals surface area contributed by atoms with Gasteiger partial charge in [0.25, 0.3) is 0 Å². The van der Waals surface area contributed by atoms with E-state index in [4.69, 9.17) is 4.74 Å². The van der Waals surface area contributed by atoms with E-state index in [0.717, 1.165) is 23.7 Å². The van der Waals surface area contributed by atoms with Crippen molar-refractivity contribution in [1.82, 2.24) is 9.88 Å². The molecule has 0 amide bonds. The largest absolute Gasteiger partial charge is 0.491 e. The van der Waals surface area contributed by atoms with Crippen LogP contribution >= 0.6 is 11.3 Å². The Hall–Kier alpha value is -1.65. The van der Waals surface area contributed by atoms with Crippen molar-refractivity contribution in [2.45, 2.75) is 45.9 Å². The van der Waals surface area contributed by atoms with Crippen molar-refractivity contribution >= 4 is 11.3 Å². The summed E-state index contributed by atoms with van der Waals surface area (Å²) in [6, 6.07) is 6.76. The van der Waals surface area contributed by atoms with Gasteiger partial charge in [-0.05, 0) is 51.4 Å². The molecule has 0 aliphatic heterocycles. The Kier molecular flexibility index (Phi) is 6.37. The van der Waals surface area contributed by atoms with Crippen molar-refractivity contribution in [3.05, 3.63) is 58.6 Å². The van der Waals surface area contributed by atoms with E-state index < -0.39 is 0 Å². The second kappa shape index (κ2) is 8.27. The number of rotatable bonds is 8. The van der Waals surface area contributed by atoms with Gasteiger partial charge < -0.3 is 4.74 Å². The fraction of sp³-hybridized carbons (Fsp3) is 0.421. The third-order valence-electron chi connectivity index (χ3n) is 3.75. The predicted octanol–water partition coefficient (Wildman–Crippen LogP) is 4.85. The molecule has 0 radical (unpaired) electrons. The maximum atomic E-state index is 5.89. The lowest BCUT2D eigenvalue weighted by Crippen LogP contribution is -2.22. The van der Waals surface area contributed by atoms with E-state index in [2.05, 4.69) is 62.5 Å². The number of hydrogen-bond donors (Lipinski definition) is 0. The first kappa shape index (κ1) is 17.7. The SMILES string of the molecule is C=CCc1cc(CN(C)C(C)c2nccs2)ccc1OC(C)C. The molecule has 4 heteroatoms. The second-order valence-electron chi connectivity index (χ2n) is 6.06. The normalized spacial score (nSPS) is 12.6. The monoisotopic (exact) mass is 330 g/mol.